The third-order valence-corrected chi connectivity index (χ3v) is 3.47. The number of carbonyl (C=O) groups is 1. The van der Waals surface area contributed by atoms with Crippen molar-refractivity contribution in [3.8, 4) is 5.69 Å². The number of nitrogens with zero attached hydrogens (tertiary/aromatic N) is 4. The number of benzene rings is 1. The van der Waals surface area contributed by atoms with Crippen LogP contribution < -0.4 is 0 Å². The summed E-state index contributed by atoms with van der Waals surface area (Å²) in [6.45, 7) is 5.24. The maximum atomic E-state index is 12.4. The minimum absolute atomic E-state index is 0.199. The van der Waals surface area contributed by atoms with Crippen LogP contribution in [0.15, 0.2) is 24.3 Å². The number of carbonyl (C=O) groups excluding carboxylic acids is 1. The summed E-state index contributed by atoms with van der Waals surface area (Å²) < 4.78 is 1.54. The van der Waals surface area contributed by atoms with E-state index in [0.29, 0.717) is 16.4 Å². The van der Waals surface area contributed by atoms with Gasteiger partial charge in [0.1, 0.15) is 0 Å². The van der Waals surface area contributed by atoms with Gasteiger partial charge in [-0.2, -0.15) is 0 Å². The summed E-state index contributed by atoms with van der Waals surface area (Å²) in [5, 5.41) is 18.3. The van der Waals surface area contributed by atoms with Gasteiger partial charge < -0.3 is 10.0 Å². The lowest BCUT2D eigenvalue weighted by Crippen LogP contribution is -2.40. The molecule has 0 aliphatic rings. The van der Waals surface area contributed by atoms with E-state index in [2.05, 4.69) is 10.3 Å². The Bertz CT molecular complexity index is 691. The molecule has 0 aliphatic carbocycles. The predicted octanol–water partition coefficient (Wildman–Crippen LogP) is 2.07. The third kappa shape index (κ3) is 3.45. The van der Waals surface area contributed by atoms with Crippen molar-refractivity contribution >= 4 is 17.5 Å². The van der Waals surface area contributed by atoms with Crippen LogP contribution in [0, 0.1) is 6.92 Å². The fourth-order valence-corrected chi connectivity index (χ4v) is 2.43. The van der Waals surface area contributed by atoms with Gasteiger partial charge in [0.05, 0.1) is 22.0 Å². The third-order valence-electron chi connectivity index (χ3n) is 3.15. The van der Waals surface area contributed by atoms with Gasteiger partial charge in [-0.15, -0.1) is 5.10 Å². The number of aromatic nitrogens is 3. The van der Waals surface area contributed by atoms with Gasteiger partial charge in [-0.3, -0.25) is 4.79 Å². The van der Waals surface area contributed by atoms with Crippen LogP contribution in [0.3, 0.4) is 0 Å². The second kappa shape index (κ2) is 6.06. The second-order valence-corrected chi connectivity index (χ2v) is 6.27. The Balaban J connectivity index is 2.32. The van der Waals surface area contributed by atoms with E-state index < -0.39 is 5.60 Å². The average molecular weight is 323 g/mol. The zero-order chi connectivity index (χ0) is 16.5. The van der Waals surface area contributed by atoms with Gasteiger partial charge in [0.25, 0.3) is 5.91 Å². The van der Waals surface area contributed by atoms with Crippen molar-refractivity contribution in [2.45, 2.75) is 26.4 Å². The lowest BCUT2D eigenvalue weighted by atomic mass is 10.1. The molecule has 2 aromatic rings. The van der Waals surface area contributed by atoms with E-state index in [9.17, 15) is 9.90 Å². The van der Waals surface area contributed by atoms with Crippen LogP contribution in [-0.4, -0.2) is 50.1 Å². The van der Waals surface area contributed by atoms with E-state index in [1.807, 2.05) is 12.1 Å². The van der Waals surface area contributed by atoms with Crippen LogP contribution in [0.4, 0.5) is 0 Å². The molecular formula is C15H19ClN4O2. The Morgan fingerprint density at radius 3 is 2.64 bits per heavy atom. The van der Waals surface area contributed by atoms with Crippen molar-refractivity contribution in [3.63, 3.8) is 0 Å². The van der Waals surface area contributed by atoms with Gasteiger partial charge in [0.15, 0.2) is 5.69 Å². The van der Waals surface area contributed by atoms with Crippen LogP contribution in [-0.2, 0) is 0 Å². The molecule has 1 heterocycles. The molecule has 0 unspecified atom stereocenters. The number of hydrogen-bond acceptors (Lipinski definition) is 4. The Morgan fingerprint density at radius 1 is 1.41 bits per heavy atom. The molecule has 0 aliphatic heterocycles. The van der Waals surface area contributed by atoms with E-state index in [1.165, 1.54) is 9.58 Å². The molecule has 1 amide bonds. The van der Waals surface area contributed by atoms with Crippen molar-refractivity contribution in [3.05, 3.63) is 40.7 Å². The molecule has 0 saturated heterocycles. The molecular weight excluding hydrogens is 304 g/mol. The van der Waals surface area contributed by atoms with Gasteiger partial charge >= 0.3 is 0 Å². The van der Waals surface area contributed by atoms with Crippen molar-refractivity contribution in [1.82, 2.24) is 19.9 Å². The first-order valence-electron chi connectivity index (χ1n) is 6.86. The standard InChI is InChI=1S/C15H19ClN4O2/c1-10-13(14(21)19(4)9-15(2,3)22)17-18-20(10)12-8-6-5-7-11(12)16/h5-8,22H,9H2,1-4H3. The number of halogens is 1. The summed E-state index contributed by atoms with van der Waals surface area (Å²) in [5.74, 6) is -0.294. The highest BCUT2D eigenvalue weighted by Crippen LogP contribution is 2.21. The topological polar surface area (TPSA) is 71.2 Å². The largest absolute Gasteiger partial charge is 0.389 e. The summed E-state index contributed by atoms with van der Waals surface area (Å²) in [6.07, 6.45) is 0. The van der Waals surface area contributed by atoms with E-state index in [0.717, 1.165) is 0 Å². The van der Waals surface area contributed by atoms with Gasteiger partial charge in [-0.1, -0.05) is 28.9 Å². The number of para-hydroxylation sites is 1. The number of hydrogen-bond donors (Lipinski definition) is 1. The molecule has 0 saturated carbocycles. The van der Waals surface area contributed by atoms with E-state index >= 15 is 0 Å². The van der Waals surface area contributed by atoms with Crippen LogP contribution in [0.5, 0.6) is 0 Å². The Hall–Kier alpha value is -1.92. The van der Waals surface area contributed by atoms with Crippen LogP contribution >= 0.6 is 11.6 Å². The maximum absolute atomic E-state index is 12.4. The number of aliphatic hydroxyl groups is 1. The van der Waals surface area contributed by atoms with E-state index in [-0.39, 0.29) is 18.1 Å². The number of amides is 1. The van der Waals surface area contributed by atoms with Gasteiger partial charge in [0.2, 0.25) is 0 Å². The highest BCUT2D eigenvalue weighted by Gasteiger charge is 2.25. The molecule has 2 rings (SSSR count). The van der Waals surface area contributed by atoms with Gasteiger partial charge in [-0.25, -0.2) is 4.68 Å². The van der Waals surface area contributed by atoms with Gasteiger partial charge in [-0.05, 0) is 32.9 Å². The molecule has 0 radical (unpaired) electrons. The predicted molar refractivity (Wildman–Crippen MR) is 84.4 cm³/mol. The summed E-state index contributed by atoms with van der Waals surface area (Å²) in [6, 6.07) is 7.21. The molecule has 0 atom stereocenters. The zero-order valence-electron chi connectivity index (χ0n) is 13.0. The molecule has 22 heavy (non-hydrogen) atoms. The van der Waals surface area contributed by atoms with Crippen LogP contribution in [0.25, 0.3) is 5.69 Å². The van der Waals surface area contributed by atoms with Crippen molar-refractivity contribution in [1.29, 1.82) is 0 Å². The molecule has 1 N–H and O–H groups in total. The number of likely N-dealkylation sites (N-methyl/N-ethyl adjacent to an activating group) is 1. The second-order valence-electron chi connectivity index (χ2n) is 5.86. The molecule has 0 bridgehead atoms. The molecule has 1 aromatic heterocycles. The minimum atomic E-state index is -0.975. The Kier molecular flexibility index (Phi) is 4.53. The molecule has 0 spiro atoms. The zero-order valence-corrected chi connectivity index (χ0v) is 13.8. The Labute approximate surface area is 134 Å². The summed E-state index contributed by atoms with van der Waals surface area (Å²) >= 11 is 6.15. The highest BCUT2D eigenvalue weighted by atomic mass is 35.5. The highest BCUT2D eigenvalue weighted by molar-refractivity contribution is 6.32. The maximum Gasteiger partial charge on any atom is 0.276 e. The van der Waals surface area contributed by atoms with Crippen LogP contribution in [0.1, 0.15) is 30.0 Å². The normalized spacial score (nSPS) is 11.5. The summed E-state index contributed by atoms with van der Waals surface area (Å²) in [4.78, 5) is 13.9. The number of rotatable bonds is 4. The quantitative estimate of drug-likeness (QED) is 0.935. The van der Waals surface area contributed by atoms with Crippen LogP contribution in [0.2, 0.25) is 5.02 Å². The lowest BCUT2D eigenvalue weighted by molar-refractivity contribution is 0.0364. The fraction of sp³-hybridized carbons (Fsp3) is 0.400. The first kappa shape index (κ1) is 16.5. The van der Waals surface area contributed by atoms with Crippen molar-refractivity contribution in [2.75, 3.05) is 13.6 Å². The smallest absolute Gasteiger partial charge is 0.276 e. The SMILES string of the molecule is Cc1c(C(=O)N(C)CC(C)(C)O)nnn1-c1ccccc1Cl. The van der Waals surface area contributed by atoms with Gasteiger partial charge in [0, 0.05) is 13.6 Å². The van der Waals surface area contributed by atoms with E-state index in [1.54, 1.807) is 40.0 Å². The molecule has 6 nitrogen and oxygen atoms in total. The molecule has 118 valence electrons. The monoisotopic (exact) mass is 322 g/mol. The first-order chi connectivity index (χ1) is 10.2. The summed E-state index contributed by atoms with van der Waals surface area (Å²) in [5.41, 5.74) is 0.530. The molecule has 1 aromatic carbocycles. The lowest BCUT2D eigenvalue weighted by Gasteiger charge is -2.25. The minimum Gasteiger partial charge on any atom is -0.389 e. The Morgan fingerprint density at radius 2 is 2.05 bits per heavy atom. The fourth-order valence-electron chi connectivity index (χ4n) is 2.21. The first-order valence-corrected chi connectivity index (χ1v) is 7.23. The van der Waals surface area contributed by atoms with E-state index in [4.69, 9.17) is 11.6 Å². The van der Waals surface area contributed by atoms with Crippen molar-refractivity contribution in [2.24, 2.45) is 0 Å². The molecule has 7 heteroatoms. The summed E-state index contributed by atoms with van der Waals surface area (Å²) in [7, 11) is 1.62. The van der Waals surface area contributed by atoms with Crippen molar-refractivity contribution < 1.29 is 9.90 Å². The average Bonchev–Trinajstić information content (AvgIpc) is 2.78. The molecule has 0 fully saturated rings.